The maximum Gasteiger partial charge on any atom is 0.115 e. The highest BCUT2D eigenvalue weighted by Gasteiger charge is 2.20. The van der Waals surface area contributed by atoms with Gasteiger partial charge in [-0.25, -0.2) is 9.97 Å². The lowest BCUT2D eigenvalue weighted by molar-refractivity contribution is 0.103. The molecule has 0 spiro atoms. The van der Waals surface area contributed by atoms with Crippen LogP contribution in [0.1, 0.15) is 12.5 Å². The summed E-state index contributed by atoms with van der Waals surface area (Å²) in [5.74, 6) is 0. The van der Waals surface area contributed by atoms with E-state index < -0.39 is 5.54 Å². The molecule has 5 nitrogen and oxygen atoms in total. The van der Waals surface area contributed by atoms with Gasteiger partial charge >= 0.3 is 0 Å². The fourth-order valence-corrected chi connectivity index (χ4v) is 0.899. The van der Waals surface area contributed by atoms with Crippen molar-refractivity contribution in [3.05, 3.63) is 24.3 Å². The molecule has 0 aliphatic rings. The van der Waals surface area contributed by atoms with Gasteiger partial charge in [0.25, 0.3) is 0 Å². The molecule has 0 fully saturated rings. The van der Waals surface area contributed by atoms with E-state index >= 15 is 0 Å². The third-order valence-corrected chi connectivity index (χ3v) is 2.03. The Bertz CT molecular complexity index is 262. The van der Waals surface area contributed by atoms with Crippen LogP contribution in [-0.4, -0.2) is 38.9 Å². The number of aliphatic hydroxyl groups is 2. The molecule has 0 bridgehead atoms. The van der Waals surface area contributed by atoms with E-state index in [9.17, 15) is 0 Å². The van der Waals surface area contributed by atoms with Crippen molar-refractivity contribution in [3.8, 4) is 0 Å². The topological polar surface area (TPSA) is 78.3 Å². The van der Waals surface area contributed by atoms with Crippen LogP contribution < -0.4 is 5.32 Å². The summed E-state index contributed by atoms with van der Waals surface area (Å²) in [6.07, 6.45) is 4.84. The number of nitrogens with zero attached hydrogens (tertiary/aromatic N) is 2. The average Bonchev–Trinajstić information content (AvgIpc) is 2.27. The Balaban J connectivity index is 2.48. The van der Waals surface area contributed by atoms with Gasteiger partial charge in [0.05, 0.1) is 18.8 Å². The molecule has 1 aromatic rings. The number of hydrogen-bond donors (Lipinski definition) is 3. The van der Waals surface area contributed by atoms with E-state index in [-0.39, 0.29) is 13.2 Å². The average molecular weight is 197 g/mol. The Labute approximate surface area is 82.8 Å². The Morgan fingerprint density at radius 2 is 1.86 bits per heavy atom. The zero-order valence-electron chi connectivity index (χ0n) is 8.14. The predicted octanol–water partition coefficient (Wildman–Crippen LogP) is -0.691. The highest BCUT2D eigenvalue weighted by atomic mass is 16.3. The summed E-state index contributed by atoms with van der Waals surface area (Å²) in [7, 11) is 0. The molecule has 78 valence electrons. The van der Waals surface area contributed by atoms with Gasteiger partial charge in [-0.3, -0.25) is 0 Å². The van der Waals surface area contributed by atoms with Crippen LogP contribution in [0, 0.1) is 0 Å². The van der Waals surface area contributed by atoms with E-state index in [1.807, 2.05) is 0 Å². The second kappa shape index (κ2) is 4.99. The van der Waals surface area contributed by atoms with Crippen molar-refractivity contribution in [1.29, 1.82) is 0 Å². The predicted molar refractivity (Wildman–Crippen MR) is 51.4 cm³/mol. The van der Waals surface area contributed by atoms with Crippen LogP contribution in [0.15, 0.2) is 18.7 Å². The molecule has 0 aliphatic heterocycles. The van der Waals surface area contributed by atoms with Crippen molar-refractivity contribution in [2.45, 2.75) is 19.0 Å². The van der Waals surface area contributed by atoms with Gasteiger partial charge in [0.15, 0.2) is 0 Å². The summed E-state index contributed by atoms with van der Waals surface area (Å²) in [6, 6.07) is 0. The van der Waals surface area contributed by atoms with Crippen molar-refractivity contribution in [2.24, 2.45) is 0 Å². The quantitative estimate of drug-likeness (QED) is 0.582. The van der Waals surface area contributed by atoms with Gasteiger partial charge in [-0.05, 0) is 6.92 Å². The highest BCUT2D eigenvalue weighted by Crippen LogP contribution is 2.03. The molecule has 5 heteroatoms. The molecule has 0 aliphatic carbocycles. The summed E-state index contributed by atoms with van der Waals surface area (Å²) >= 11 is 0. The van der Waals surface area contributed by atoms with Gasteiger partial charge in [-0.1, -0.05) is 0 Å². The normalized spacial score (nSPS) is 11.6. The number of nitrogens with one attached hydrogen (secondary N) is 1. The van der Waals surface area contributed by atoms with Crippen LogP contribution in [0.4, 0.5) is 0 Å². The molecule has 0 saturated heterocycles. The number of hydrogen-bond acceptors (Lipinski definition) is 5. The van der Waals surface area contributed by atoms with E-state index in [1.54, 1.807) is 19.3 Å². The van der Waals surface area contributed by atoms with Crippen molar-refractivity contribution in [3.63, 3.8) is 0 Å². The third kappa shape index (κ3) is 3.02. The molecule has 3 N–H and O–H groups in total. The minimum atomic E-state index is -0.657. The molecule has 1 heterocycles. The Kier molecular flexibility index (Phi) is 3.94. The van der Waals surface area contributed by atoms with E-state index in [0.717, 1.165) is 5.56 Å². The lowest BCUT2D eigenvalue weighted by Gasteiger charge is -2.26. The van der Waals surface area contributed by atoms with Gasteiger partial charge in [-0.2, -0.15) is 0 Å². The molecule has 1 rings (SSSR count). The van der Waals surface area contributed by atoms with Gasteiger partial charge in [0.1, 0.15) is 6.33 Å². The molecule has 0 saturated carbocycles. The first kappa shape index (κ1) is 11.0. The SMILES string of the molecule is CC(CO)(CO)NCc1cncnc1. The standard InChI is InChI=1S/C9H15N3O2/c1-9(5-13,6-14)12-4-8-2-10-7-11-3-8/h2-3,7,12-14H,4-6H2,1H3. The fraction of sp³-hybridized carbons (Fsp3) is 0.556. The summed E-state index contributed by atoms with van der Waals surface area (Å²) in [4.78, 5) is 7.72. The monoisotopic (exact) mass is 197 g/mol. The Morgan fingerprint density at radius 1 is 1.29 bits per heavy atom. The van der Waals surface area contributed by atoms with Gasteiger partial charge in [0, 0.05) is 24.5 Å². The zero-order valence-corrected chi connectivity index (χ0v) is 8.14. The molecule has 0 atom stereocenters. The first-order valence-electron chi connectivity index (χ1n) is 4.41. The second-order valence-corrected chi connectivity index (χ2v) is 3.48. The van der Waals surface area contributed by atoms with Crippen LogP contribution in [0.5, 0.6) is 0 Å². The molecule has 0 aromatic carbocycles. The van der Waals surface area contributed by atoms with E-state index in [2.05, 4.69) is 15.3 Å². The van der Waals surface area contributed by atoms with Crippen LogP contribution in [-0.2, 0) is 6.54 Å². The Morgan fingerprint density at radius 3 is 2.36 bits per heavy atom. The third-order valence-electron chi connectivity index (χ3n) is 2.03. The Hall–Kier alpha value is -1.04. The lowest BCUT2D eigenvalue weighted by atomic mass is 10.1. The van der Waals surface area contributed by atoms with Gasteiger partial charge in [-0.15, -0.1) is 0 Å². The fourth-order valence-electron chi connectivity index (χ4n) is 0.899. The van der Waals surface area contributed by atoms with Crippen LogP contribution >= 0.6 is 0 Å². The second-order valence-electron chi connectivity index (χ2n) is 3.48. The van der Waals surface area contributed by atoms with E-state index in [4.69, 9.17) is 10.2 Å². The van der Waals surface area contributed by atoms with Crippen molar-refractivity contribution in [1.82, 2.24) is 15.3 Å². The first-order valence-corrected chi connectivity index (χ1v) is 4.41. The van der Waals surface area contributed by atoms with E-state index in [1.165, 1.54) is 6.33 Å². The van der Waals surface area contributed by atoms with E-state index in [0.29, 0.717) is 6.54 Å². The summed E-state index contributed by atoms with van der Waals surface area (Å²) in [5.41, 5.74) is 0.260. The maximum absolute atomic E-state index is 9.01. The van der Waals surface area contributed by atoms with Gasteiger partial charge in [0.2, 0.25) is 0 Å². The molecule has 0 radical (unpaired) electrons. The number of aromatic nitrogens is 2. The molecule has 0 amide bonds. The lowest BCUT2D eigenvalue weighted by Crippen LogP contribution is -2.48. The first-order chi connectivity index (χ1) is 6.70. The largest absolute Gasteiger partial charge is 0.394 e. The molecule has 14 heavy (non-hydrogen) atoms. The summed E-state index contributed by atoms with van der Waals surface area (Å²) in [6.45, 7) is 2.05. The van der Waals surface area contributed by atoms with Crippen molar-refractivity contribution < 1.29 is 10.2 Å². The zero-order chi connectivity index (χ0) is 10.4. The molecular formula is C9H15N3O2. The van der Waals surface area contributed by atoms with Crippen LogP contribution in [0.25, 0.3) is 0 Å². The maximum atomic E-state index is 9.01. The number of rotatable bonds is 5. The summed E-state index contributed by atoms with van der Waals surface area (Å²) in [5, 5.41) is 21.1. The van der Waals surface area contributed by atoms with Crippen molar-refractivity contribution >= 4 is 0 Å². The minimum absolute atomic E-state index is 0.114. The minimum Gasteiger partial charge on any atom is -0.394 e. The van der Waals surface area contributed by atoms with Crippen LogP contribution in [0.2, 0.25) is 0 Å². The smallest absolute Gasteiger partial charge is 0.115 e. The summed E-state index contributed by atoms with van der Waals surface area (Å²) < 4.78 is 0. The molecular weight excluding hydrogens is 182 g/mol. The van der Waals surface area contributed by atoms with Gasteiger partial charge < -0.3 is 15.5 Å². The number of aliphatic hydroxyl groups excluding tert-OH is 2. The molecule has 0 unspecified atom stereocenters. The molecule has 1 aromatic heterocycles. The van der Waals surface area contributed by atoms with Crippen molar-refractivity contribution in [2.75, 3.05) is 13.2 Å². The van der Waals surface area contributed by atoms with Crippen LogP contribution in [0.3, 0.4) is 0 Å². The highest BCUT2D eigenvalue weighted by molar-refractivity contribution is 5.02.